The third kappa shape index (κ3) is 3.26. The zero-order valence-corrected chi connectivity index (χ0v) is 13.1. The summed E-state index contributed by atoms with van der Waals surface area (Å²) < 4.78 is 5.15. The Morgan fingerprint density at radius 1 is 1.00 bits per heavy atom. The van der Waals surface area contributed by atoms with Gasteiger partial charge < -0.3 is 9.64 Å². The molecule has 0 bridgehead atoms. The number of carbonyl (C=O) groups excluding carboxylic acids is 2. The summed E-state index contributed by atoms with van der Waals surface area (Å²) in [5, 5.41) is 0. The molecule has 3 rings (SSSR count). The number of likely N-dealkylation sites (tertiary alicyclic amines) is 1. The maximum absolute atomic E-state index is 12.4. The molecule has 1 fully saturated rings. The number of carbonyl (C=O) groups is 2. The Labute approximate surface area is 135 Å². The van der Waals surface area contributed by atoms with Gasteiger partial charge in [-0.15, -0.1) is 0 Å². The maximum atomic E-state index is 12.4. The highest BCUT2D eigenvalue weighted by Crippen LogP contribution is 2.30. The molecule has 23 heavy (non-hydrogen) atoms. The van der Waals surface area contributed by atoms with Gasteiger partial charge in [-0.25, -0.2) is 0 Å². The van der Waals surface area contributed by atoms with E-state index in [1.807, 2.05) is 54.6 Å². The molecule has 0 unspecified atom stereocenters. The van der Waals surface area contributed by atoms with E-state index in [-0.39, 0.29) is 11.7 Å². The van der Waals surface area contributed by atoms with E-state index in [2.05, 4.69) is 0 Å². The minimum absolute atomic E-state index is 0.0225. The Hall–Kier alpha value is -2.62. The highest BCUT2D eigenvalue weighted by molar-refractivity contribution is 5.96. The van der Waals surface area contributed by atoms with Gasteiger partial charge in [0.1, 0.15) is 11.8 Å². The van der Waals surface area contributed by atoms with E-state index in [1.165, 1.54) is 0 Å². The lowest BCUT2D eigenvalue weighted by Gasteiger charge is -2.35. The van der Waals surface area contributed by atoms with Crippen LogP contribution in [-0.4, -0.2) is 23.7 Å². The number of hydrogen-bond acceptors (Lipinski definition) is 3. The Morgan fingerprint density at radius 3 is 2.35 bits per heavy atom. The molecule has 1 atom stereocenters. The Balaban J connectivity index is 1.88. The number of benzene rings is 2. The number of piperidine rings is 1. The van der Waals surface area contributed by atoms with E-state index in [4.69, 9.17) is 4.74 Å². The van der Waals surface area contributed by atoms with Gasteiger partial charge in [0.25, 0.3) is 0 Å². The van der Waals surface area contributed by atoms with Gasteiger partial charge in [-0.3, -0.25) is 9.59 Å². The smallest absolute Gasteiger partial charge is 0.224 e. The molecular formula is C19H19NO3. The number of amides is 1. The van der Waals surface area contributed by atoms with Crippen molar-refractivity contribution in [3.05, 3.63) is 65.7 Å². The van der Waals surface area contributed by atoms with Crippen LogP contribution < -0.4 is 4.74 Å². The number of hydrogen-bond donors (Lipinski definition) is 0. The van der Waals surface area contributed by atoms with E-state index in [1.54, 1.807) is 12.0 Å². The molecule has 0 spiro atoms. The monoisotopic (exact) mass is 309 g/mol. The van der Waals surface area contributed by atoms with Crippen LogP contribution in [0.3, 0.4) is 0 Å². The van der Waals surface area contributed by atoms with Gasteiger partial charge in [0.15, 0.2) is 5.78 Å². The number of ether oxygens (including phenoxy) is 1. The molecule has 2 aromatic carbocycles. The Morgan fingerprint density at radius 2 is 1.70 bits per heavy atom. The first-order valence-corrected chi connectivity index (χ1v) is 7.69. The summed E-state index contributed by atoms with van der Waals surface area (Å²) in [4.78, 5) is 26.5. The van der Waals surface area contributed by atoms with Crippen molar-refractivity contribution in [1.29, 1.82) is 0 Å². The van der Waals surface area contributed by atoms with Crippen LogP contribution in [0.15, 0.2) is 54.6 Å². The summed E-state index contributed by atoms with van der Waals surface area (Å²) in [6, 6.07) is 16.6. The minimum Gasteiger partial charge on any atom is -0.497 e. The van der Waals surface area contributed by atoms with Crippen LogP contribution in [0.5, 0.6) is 5.75 Å². The van der Waals surface area contributed by atoms with Gasteiger partial charge >= 0.3 is 0 Å². The minimum atomic E-state index is -0.487. The lowest BCUT2D eigenvalue weighted by Crippen LogP contribution is -2.42. The normalized spacial score (nSPS) is 18.1. The van der Waals surface area contributed by atoms with Crippen molar-refractivity contribution in [2.75, 3.05) is 7.11 Å². The number of rotatable bonds is 4. The Bertz CT molecular complexity index is 694. The highest BCUT2D eigenvalue weighted by Gasteiger charge is 2.35. The van der Waals surface area contributed by atoms with Crippen molar-refractivity contribution in [1.82, 2.24) is 4.90 Å². The zero-order chi connectivity index (χ0) is 16.2. The van der Waals surface area contributed by atoms with Crippen molar-refractivity contribution >= 4 is 11.7 Å². The molecule has 0 radical (unpaired) electrons. The van der Waals surface area contributed by atoms with Crippen LogP contribution in [0.4, 0.5) is 0 Å². The standard InChI is InChI=1S/C19H19NO3/c1-23-16-9-7-14(8-10-16)13-20-18(22)12-11-17(21)19(20)15-5-3-2-4-6-15/h2-10,19H,11-13H2,1H3/t19-/m0/s1. The van der Waals surface area contributed by atoms with Gasteiger partial charge in [0, 0.05) is 19.4 Å². The van der Waals surface area contributed by atoms with E-state index >= 15 is 0 Å². The summed E-state index contributed by atoms with van der Waals surface area (Å²) >= 11 is 0. The van der Waals surface area contributed by atoms with E-state index in [0.717, 1.165) is 16.9 Å². The number of nitrogens with zero attached hydrogens (tertiary/aromatic N) is 1. The van der Waals surface area contributed by atoms with Crippen molar-refractivity contribution in [3.8, 4) is 5.75 Å². The van der Waals surface area contributed by atoms with Crippen LogP contribution in [0.1, 0.15) is 30.0 Å². The largest absolute Gasteiger partial charge is 0.497 e. The topological polar surface area (TPSA) is 46.6 Å². The molecule has 118 valence electrons. The van der Waals surface area contributed by atoms with Crippen LogP contribution in [-0.2, 0) is 16.1 Å². The van der Waals surface area contributed by atoms with Crippen molar-refractivity contribution in [3.63, 3.8) is 0 Å². The summed E-state index contributed by atoms with van der Waals surface area (Å²) in [5.41, 5.74) is 1.86. The molecule has 1 aliphatic heterocycles. The molecule has 1 saturated heterocycles. The van der Waals surface area contributed by atoms with Crippen molar-refractivity contribution in [2.45, 2.75) is 25.4 Å². The summed E-state index contributed by atoms with van der Waals surface area (Å²) in [6.07, 6.45) is 0.607. The third-order valence-corrected chi connectivity index (χ3v) is 4.15. The number of Topliss-reactive ketones (excluding diaryl/α,β-unsaturated/α-hetero) is 1. The van der Waals surface area contributed by atoms with Crippen molar-refractivity contribution < 1.29 is 14.3 Å². The molecule has 0 aromatic heterocycles. The fraction of sp³-hybridized carbons (Fsp3) is 0.263. The van der Waals surface area contributed by atoms with Gasteiger partial charge in [-0.1, -0.05) is 42.5 Å². The Kier molecular flexibility index (Phi) is 4.42. The first-order valence-electron chi connectivity index (χ1n) is 7.69. The fourth-order valence-electron chi connectivity index (χ4n) is 2.94. The fourth-order valence-corrected chi connectivity index (χ4v) is 2.94. The molecule has 2 aromatic rings. The van der Waals surface area contributed by atoms with Gasteiger partial charge in [0.2, 0.25) is 5.91 Å². The second-order valence-electron chi connectivity index (χ2n) is 5.65. The molecule has 4 heteroatoms. The first kappa shape index (κ1) is 15.3. The lowest BCUT2D eigenvalue weighted by atomic mass is 9.93. The van der Waals surface area contributed by atoms with Crippen LogP contribution in [0.25, 0.3) is 0 Å². The van der Waals surface area contributed by atoms with Crippen LogP contribution in [0, 0.1) is 0 Å². The quantitative estimate of drug-likeness (QED) is 0.871. The third-order valence-electron chi connectivity index (χ3n) is 4.15. The second kappa shape index (κ2) is 6.65. The molecule has 0 saturated carbocycles. The van der Waals surface area contributed by atoms with Gasteiger partial charge in [-0.2, -0.15) is 0 Å². The molecule has 0 N–H and O–H groups in total. The average molecular weight is 309 g/mol. The maximum Gasteiger partial charge on any atom is 0.224 e. The molecule has 1 amide bonds. The SMILES string of the molecule is COc1ccc(CN2C(=O)CCC(=O)[C@@H]2c2ccccc2)cc1. The molecule has 0 aliphatic carbocycles. The van der Waals surface area contributed by atoms with E-state index < -0.39 is 6.04 Å². The molecule has 1 heterocycles. The summed E-state index contributed by atoms with van der Waals surface area (Å²) in [5.74, 6) is 0.896. The average Bonchev–Trinajstić information content (AvgIpc) is 2.60. The first-order chi connectivity index (χ1) is 11.2. The van der Waals surface area contributed by atoms with Gasteiger partial charge in [0.05, 0.1) is 7.11 Å². The number of ketones is 1. The predicted octanol–water partition coefficient (Wildman–Crippen LogP) is 3.13. The molecular weight excluding hydrogens is 290 g/mol. The molecule has 1 aliphatic rings. The summed E-state index contributed by atoms with van der Waals surface area (Å²) in [7, 11) is 1.62. The zero-order valence-electron chi connectivity index (χ0n) is 13.1. The second-order valence-corrected chi connectivity index (χ2v) is 5.65. The predicted molar refractivity (Wildman–Crippen MR) is 87.0 cm³/mol. The number of methoxy groups -OCH3 is 1. The summed E-state index contributed by atoms with van der Waals surface area (Å²) in [6.45, 7) is 0.425. The van der Waals surface area contributed by atoms with E-state index in [0.29, 0.717) is 19.4 Å². The molecule has 4 nitrogen and oxygen atoms in total. The van der Waals surface area contributed by atoms with E-state index in [9.17, 15) is 9.59 Å². The van der Waals surface area contributed by atoms with Crippen LogP contribution in [0.2, 0.25) is 0 Å². The van der Waals surface area contributed by atoms with Gasteiger partial charge in [-0.05, 0) is 23.3 Å². The lowest BCUT2D eigenvalue weighted by molar-refractivity contribution is -0.146. The van der Waals surface area contributed by atoms with Crippen LogP contribution >= 0.6 is 0 Å². The van der Waals surface area contributed by atoms with Crippen molar-refractivity contribution in [2.24, 2.45) is 0 Å². The highest BCUT2D eigenvalue weighted by atomic mass is 16.5.